The molecular weight excluding hydrogens is 278 g/mol. The summed E-state index contributed by atoms with van der Waals surface area (Å²) in [5.74, 6) is 0.330. The molecule has 22 heavy (non-hydrogen) atoms. The van der Waals surface area contributed by atoms with Gasteiger partial charge in [0.2, 0.25) is 11.8 Å². The third-order valence-corrected chi connectivity index (χ3v) is 6.57. The Morgan fingerprint density at radius 2 is 2.14 bits per heavy atom. The van der Waals surface area contributed by atoms with E-state index in [0.29, 0.717) is 31.1 Å². The van der Waals surface area contributed by atoms with Crippen molar-refractivity contribution in [3.8, 4) is 0 Å². The molecule has 3 aliphatic heterocycles. The molecule has 5 heteroatoms. The molecule has 4 fully saturated rings. The highest BCUT2D eigenvalue weighted by atomic mass is 16.2. The lowest BCUT2D eigenvalue weighted by Crippen LogP contribution is -2.51. The molecule has 5 nitrogen and oxygen atoms in total. The quantitative estimate of drug-likeness (QED) is 0.832. The number of amides is 2. The molecule has 1 N–H and O–H groups in total. The van der Waals surface area contributed by atoms with Crippen LogP contribution >= 0.6 is 0 Å². The van der Waals surface area contributed by atoms with Gasteiger partial charge in [0.25, 0.3) is 0 Å². The molecule has 2 bridgehead atoms. The van der Waals surface area contributed by atoms with Gasteiger partial charge >= 0.3 is 0 Å². The lowest BCUT2D eigenvalue weighted by atomic mass is 9.72. The minimum absolute atomic E-state index is 0.151. The second-order valence-electron chi connectivity index (χ2n) is 7.84. The first-order chi connectivity index (χ1) is 10.6. The second kappa shape index (κ2) is 5.22. The summed E-state index contributed by atoms with van der Waals surface area (Å²) < 4.78 is 0. The average molecular weight is 305 g/mol. The SMILES string of the molecule is C[C@@]12C[C@H]3CN[C@@H]1CCCC[C@@H]2N3C(=O)CN1CCCC1=O. The van der Waals surface area contributed by atoms with Gasteiger partial charge in [-0.05, 0) is 25.7 Å². The van der Waals surface area contributed by atoms with Crippen LogP contribution in [0.25, 0.3) is 0 Å². The van der Waals surface area contributed by atoms with Crippen molar-refractivity contribution >= 4 is 11.8 Å². The molecule has 3 heterocycles. The first-order valence-electron chi connectivity index (χ1n) is 8.92. The van der Waals surface area contributed by atoms with E-state index in [1.54, 1.807) is 4.90 Å². The van der Waals surface area contributed by atoms with Crippen molar-refractivity contribution in [2.75, 3.05) is 19.6 Å². The van der Waals surface area contributed by atoms with Crippen LogP contribution in [0, 0.1) is 5.41 Å². The summed E-state index contributed by atoms with van der Waals surface area (Å²) in [7, 11) is 0. The maximum absolute atomic E-state index is 12.9. The monoisotopic (exact) mass is 305 g/mol. The zero-order valence-corrected chi connectivity index (χ0v) is 13.5. The summed E-state index contributed by atoms with van der Waals surface area (Å²) in [6.45, 7) is 4.36. The number of fused-ring (bicyclic) bond motifs is 1. The molecule has 4 atom stereocenters. The molecule has 0 aromatic heterocycles. The standard InChI is InChI=1S/C17H27N3O2/c1-17-9-12-10-18-13(17)5-2-3-6-14(17)20(12)16(22)11-19-8-4-7-15(19)21/h12-14,18H,2-11H2,1H3/t12-,13+,14-,17+/m0/s1. The van der Waals surface area contributed by atoms with Gasteiger partial charge in [-0.3, -0.25) is 9.59 Å². The van der Waals surface area contributed by atoms with Gasteiger partial charge < -0.3 is 15.1 Å². The molecule has 0 spiro atoms. The van der Waals surface area contributed by atoms with Crippen LogP contribution in [0.4, 0.5) is 0 Å². The Balaban J connectivity index is 1.56. The van der Waals surface area contributed by atoms with Gasteiger partial charge in [0.05, 0.1) is 6.54 Å². The summed E-state index contributed by atoms with van der Waals surface area (Å²) >= 11 is 0. The number of rotatable bonds is 2. The van der Waals surface area contributed by atoms with Crippen molar-refractivity contribution in [3.63, 3.8) is 0 Å². The Morgan fingerprint density at radius 3 is 2.91 bits per heavy atom. The van der Waals surface area contributed by atoms with Crippen molar-refractivity contribution in [1.82, 2.24) is 15.1 Å². The van der Waals surface area contributed by atoms with E-state index in [9.17, 15) is 9.59 Å². The smallest absolute Gasteiger partial charge is 0.242 e. The molecule has 2 amide bonds. The minimum atomic E-state index is 0.151. The van der Waals surface area contributed by atoms with Gasteiger partial charge in [-0.1, -0.05) is 19.8 Å². The molecule has 3 saturated heterocycles. The largest absolute Gasteiger partial charge is 0.333 e. The number of likely N-dealkylation sites (tertiary alicyclic amines) is 2. The number of nitrogens with one attached hydrogen (secondary N) is 1. The normalized spacial score (nSPS) is 41.0. The summed E-state index contributed by atoms with van der Waals surface area (Å²) in [5, 5.41) is 3.71. The number of nitrogens with zero attached hydrogens (tertiary/aromatic N) is 2. The van der Waals surface area contributed by atoms with Gasteiger partial charge in [0.1, 0.15) is 0 Å². The number of piperidine rings is 1. The second-order valence-corrected chi connectivity index (χ2v) is 7.84. The van der Waals surface area contributed by atoms with E-state index in [2.05, 4.69) is 17.1 Å². The molecular formula is C17H27N3O2. The molecule has 4 aliphatic rings. The Hall–Kier alpha value is -1.10. The third-order valence-electron chi connectivity index (χ3n) is 6.57. The summed E-state index contributed by atoms with van der Waals surface area (Å²) in [5.41, 5.74) is 0.226. The average Bonchev–Trinajstić information content (AvgIpc) is 2.92. The summed E-state index contributed by atoms with van der Waals surface area (Å²) in [4.78, 5) is 28.7. The van der Waals surface area contributed by atoms with Crippen LogP contribution in [0.1, 0.15) is 51.9 Å². The highest BCUT2D eigenvalue weighted by Gasteiger charge is 2.57. The number of carbonyl (C=O) groups is 2. The Morgan fingerprint density at radius 1 is 1.32 bits per heavy atom. The van der Waals surface area contributed by atoms with E-state index < -0.39 is 0 Å². The van der Waals surface area contributed by atoms with Crippen LogP contribution < -0.4 is 5.32 Å². The maximum Gasteiger partial charge on any atom is 0.242 e. The molecule has 0 aromatic rings. The van der Waals surface area contributed by atoms with Crippen LogP contribution in [0.2, 0.25) is 0 Å². The lowest BCUT2D eigenvalue weighted by Gasteiger charge is -2.39. The predicted octanol–water partition coefficient (Wildman–Crippen LogP) is 1.13. The van der Waals surface area contributed by atoms with E-state index in [0.717, 1.165) is 32.4 Å². The van der Waals surface area contributed by atoms with E-state index in [-0.39, 0.29) is 17.2 Å². The Kier molecular flexibility index (Phi) is 3.44. The number of hydrogen-bond donors (Lipinski definition) is 1. The van der Waals surface area contributed by atoms with Crippen LogP contribution in [0.5, 0.6) is 0 Å². The van der Waals surface area contributed by atoms with Crippen LogP contribution in [0.15, 0.2) is 0 Å². The molecule has 0 radical (unpaired) electrons. The third kappa shape index (κ3) is 2.08. The summed E-state index contributed by atoms with van der Waals surface area (Å²) in [6.07, 6.45) is 7.51. The molecule has 0 aromatic carbocycles. The molecule has 1 saturated carbocycles. The molecule has 4 rings (SSSR count). The topological polar surface area (TPSA) is 52.7 Å². The lowest BCUT2D eigenvalue weighted by molar-refractivity contribution is -0.140. The van der Waals surface area contributed by atoms with Gasteiger partial charge in [-0.2, -0.15) is 0 Å². The highest BCUT2D eigenvalue weighted by Crippen LogP contribution is 2.50. The number of hydrogen-bond acceptors (Lipinski definition) is 3. The van der Waals surface area contributed by atoms with Crippen LogP contribution in [-0.4, -0.2) is 59.4 Å². The minimum Gasteiger partial charge on any atom is -0.333 e. The van der Waals surface area contributed by atoms with E-state index in [1.807, 2.05) is 0 Å². The fourth-order valence-corrected chi connectivity index (χ4v) is 5.45. The fourth-order valence-electron chi connectivity index (χ4n) is 5.45. The van der Waals surface area contributed by atoms with Gasteiger partial charge in [-0.15, -0.1) is 0 Å². The maximum atomic E-state index is 12.9. The predicted molar refractivity (Wildman–Crippen MR) is 83.2 cm³/mol. The van der Waals surface area contributed by atoms with Gasteiger partial charge in [-0.25, -0.2) is 0 Å². The van der Waals surface area contributed by atoms with Crippen LogP contribution in [0.3, 0.4) is 0 Å². The van der Waals surface area contributed by atoms with Crippen molar-refractivity contribution in [2.24, 2.45) is 5.41 Å². The molecule has 0 unspecified atom stereocenters. The van der Waals surface area contributed by atoms with Crippen molar-refractivity contribution in [3.05, 3.63) is 0 Å². The van der Waals surface area contributed by atoms with E-state index >= 15 is 0 Å². The summed E-state index contributed by atoms with van der Waals surface area (Å²) in [6, 6.07) is 1.25. The van der Waals surface area contributed by atoms with Crippen molar-refractivity contribution in [1.29, 1.82) is 0 Å². The van der Waals surface area contributed by atoms with Crippen molar-refractivity contribution < 1.29 is 9.59 Å². The zero-order valence-electron chi connectivity index (χ0n) is 13.5. The van der Waals surface area contributed by atoms with Crippen LogP contribution in [-0.2, 0) is 9.59 Å². The van der Waals surface area contributed by atoms with E-state index in [4.69, 9.17) is 0 Å². The number of carbonyl (C=O) groups excluding carboxylic acids is 2. The Labute approximate surface area is 132 Å². The highest BCUT2D eigenvalue weighted by molar-refractivity contribution is 5.86. The van der Waals surface area contributed by atoms with E-state index in [1.165, 1.54) is 19.3 Å². The molecule has 1 aliphatic carbocycles. The zero-order chi connectivity index (χ0) is 15.3. The molecule has 122 valence electrons. The Bertz CT molecular complexity index is 494. The van der Waals surface area contributed by atoms with Gasteiger partial charge in [0, 0.05) is 43.1 Å². The fraction of sp³-hybridized carbons (Fsp3) is 0.882. The first-order valence-corrected chi connectivity index (χ1v) is 8.92. The van der Waals surface area contributed by atoms with Crippen molar-refractivity contribution in [2.45, 2.75) is 70.0 Å². The first kappa shape index (κ1) is 14.5. The van der Waals surface area contributed by atoms with Gasteiger partial charge in [0.15, 0.2) is 0 Å².